The Balaban J connectivity index is 2.09. The first kappa shape index (κ1) is 14.0. The summed E-state index contributed by atoms with van der Waals surface area (Å²) in [6.45, 7) is 3.70. The summed E-state index contributed by atoms with van der Waals surface area (Å²) in [6.07, 6.45) is 2.99. The van der Waals surface area contributed by atoms with Crippen molar-refractivity contribution >= 4 is 16.0 Å². The standard InChI is InChI=1S/C11H17N3O4S/c1-11(2)8(10(15)18-3)4-9(11)14-19(16,17)7-5-12-13-6-7/h5-6,8-9,14H,4H2,1-3H3,(H,12,13)/t8-,9-/m1/s1. The summed E-state index contributed by atoms with van der Waals surface area (Å²) < 4.78 is 31.4. The highest BCUT2D eigenvalue weighted by Gasteiger charge is 2.53. The van der Waals surface area contributed by atoms with Crippen molar-refractivity contribution in [3.8, 4) is 0 Å². The lowest BCUT2D eigenvalue weighted by atomic mass is 9.59. The van der Waals surface area contributed by atoms with Crippen LogP contribution in [0.1, 0.15) is 20.3 Å². The number of hydrogen-bond donors (Lipinski definition) is 2. The minimum absolute atomic E-state index is 0.0878. The van der Waals surface area contributed by atoms with Gasteiger partial charge in [-0.2, -0.15) is 5.10 Å². The molecule has 0 aliphatic heterocycles. The van der Waals surface area contributed by atoms with Crippen LogP contribution in [0.2, 0.25) is 0 Å². The van der Waals surface area contributed by atoms with Gasteiger partial charge in [-0.3, -0.25) is 9.89 Å². The number of hydrogen-bond acceptors (Lipinski definition) is 5. The molecule has 0 amide bonds. The lowest BCUT2D eigenvalue weighted by molar-refractivity contribution is -0.158. The highest BCUT2D eigenvalue weighted by atomic mass is 32.2. The zero-order valence-electron chi connectivity index (χ0n) is 11.0. The highest BCUT2D eigenvalue weighted by molar-refractivity contribution is 7.89. The van der Waals surface area contributed by atoms with Gasteiger partial charge in [-0.05, 0) is 11.8 Å². The predicted molar refractivity (Wildman–Crippen MR) is 66.6 cm³/mol. The van der Waals surface area contributed by atoms with Crippen LogP contribution in [0.4, 0.5) is 0 Å². The first-order chi connectivity index (χ1) is 8.79. The molecule has 7 nitrogen and oxygen atoms in total. The van der Waals surface area contributed by atoms with E-state index in [1.54, 1.807) is 0 Å². The number of methoxy groups -OCH3 is 1. The monoisotopic (exact) mass is 287 g/mol. The van der Waals surface area contributed by atoms with Crippen LogP contribution in [0.5, 0.6) is 0 Å². The molecule has 0 radical (unpaired) electrons. The molecule has 0 saturated heterocycles. The van der Waals surface area contributed by atoms with Crippen LogP contribution >= 0.6 is 0 Å². The zero-order valence-corrected chi connectivity index (χ0v) is 11.8. The van der Waals surface area contributed by atoms with Gasteiger partial charge in [0.05, 0.1) is 19.2 Å². The van der Waals surface area contributed by atoms with Crippen molar-refractivity contribution in [3.63, 3.8) is 0 Å². The number of nitrogens with one attached hydrogen (secondary N) is 2. The topological polar surface area (TPSA) is 101 Å². The van der Waals surface area contributed by atoms with Gasteiger partial charge in [0.1, 0.15) is 4.90 Å². The van der Waals surface area contributed by atoms with E-state index in [-0.39, 0.29) is 22.8 Å². The lowest BCUT2D eigenvalue weighted by Crippen LogP contribution is -2.60. The summed E-state index contributed by atoms with van der Waals surface area (Å²) in [5, 5.41) is 6.07. The average molecular weight is 287 g/mol. The van der Waals surface area contributed by atoms with E-state index in [4.69, 9.17) is 4.74 Å². The molecule has 1 aromatic heterocycles. The van der Waals surface area contributed by atoms with E-state index in [1.807, 2.05) is 13.8 Å². The van der Waals surface area contributed by atoms with Crippen molar-refractivity contribution in [2.75, 3.05) is 7.11 Å². The number of ether oxygens (including phenoxy) is 1. The third-order valence-electron chi connectivity index (χ3n) is 3.83. The largest absolute Gasteiger partial charge is 0.469 e. The van der Waals surface area contributed by atoms with Gasteiger partial charge in [0.2, 0.25) is 10.0 Å². The summed E-state index contributed by atoms with van der Waals surface area (Å²) in [4.78, 5) is 11.6. The molecule has 0 aromatic carbocycles. The Morgan fingerprint density at radius 3 is 2.74 bits per heavy atom. The maximum atomic E-state index is 12.0. The molecule has 2 atom stereocenters. The fourth-order valence-corrected chi connectivity index (χ4v) is 3.62. The van der Waals surface area contributed by atoms with Crippen LogP contribution in [0.3, 0.4) is 0 Å². The van der Waals surface area contributed by atoms with Gasteiger partial charge in [-0.25, -0.2) is 13.1 Å². The maximum absolute atomic E-state index is 12.0. The molecular weight excluding hydrogens is 270 g/mol. The number of carbonyl (C=O) groups is 1. The second kappa shape index (κ2) is 4.61. The van der Waals surface area contributed by atoms with E-state index in [1.165, 1.54) is 19.5 Å². The molecular formula is C11H17N3O4S. The Hall–Kier alpha value is -1.41. The van der Waals surface area contributed by atoms with Crippen LogP contribution in [0, 0.1) is 11.3 Å². The van der Waals surface area contributed by atoms with Gasteiger partial charge in [0, 0.05) is 12.2 Å². The van der Waals surface area contributed by atoms with Crippen molar-refractivity contribution in [1.82, 2.24) is 14.9 Å². The Labute approximate surface area is 111 Å². The van der Waals surface area contributed by atoms with Gasteiger partial charge >= 0.3 is 5.97 Å². The third-order valence-corrected chi connectivity index (χ3v) is 5.27. The number of esters is 1. The Kier molecular flexibility index (Phi) is 3.40. The molecule has 1 heterocycles. The minimum atomic E-state index is -3.60. The number of rotatable bonds is 4. The summed E-state index contributed by atoms with van der Waals surface area (Å²) in [6, 6.07) is -0.295. The number of sulfonamides is 1. The Morgan fingerprint density at radius 2 is 2.26 bits per heavy atom. The molecule has 0 bridgehead atoms. The Bertz CT molecular complexity index is 565. The van der Waals surface area contributed by atoms with E-state index < -0.39 is 15.4 Å². The molecule has 0 spiro atoms. The van der Waals surface area contributed by atoms with Crippen molar-refractivity contribution < 1.29 is 17.9 Å². The van der Waals surface area contributed by atoms with Gasteiger partial charge < -0.3 is 4.74 Å². The number of aromatic amines is 1. The smallest absolute Gasteiger partial charge is 0.309 e. The summed E-state index contributed by atoms with van der Waals surface area (Å²) >= 11 is 0. The summed E-state index contributed by atoms with van der Waals surface area (Å²) in [5.74, 6) is -0.585. The van der Waals surface area contributed by atoms with Gasteiger partial charge in [0.15, 0.2) is 0 Å². The molecule has 1 fully saturated rings. The normalized spacial score (nSPS) is 25.6. The fraction of sp³-hybridized carbons (Fsp3) is 0.636. The maximum Gasteiger partial charge on any atom is 0.309 e. The number of aromatic nitrogens is 2. The number of nitrogens with zero attached hydrogens (tertiary/aromatic N) is 1. The molecule has 8 heteroatoms. The van der Waals surface area contributed by atoms with Crippen molar-refractivity contribution in [1.29, 1.82) is 0 Å². The SMILES string of the molecule is COC(=O)[C@H]1C[C@@H](NS(=O)(=O)c2cn[nH]c2)C1(C)C. The molecule has 19 heavy (non-hydrogen) atoms. The fourth-order valence-electron chi connectivity index (χ4n) is 2.31. The average Bonchev–Trinajstić information content (AvgIpc) is 2.87. The highest BCUT2D eigenvalue weighted by Crippen LogP contribution is 2.47. The summed E-state index contributed by atoms with van der Waals surface area (Å²) in [7, 11) is -2.27. The molecule has 0 unspecified atom stereocenters. The molecule has 1 aromatic rings. The van der Waals surface area contributed by atoms with Crippen LogP contribution in [-0.4, -0.2) is 37.7 Å². The van der Waals surface area contributed by atoms with Crippen LogP contribution in [0.25, 0.3) is 0 Å². The van der Waals surface area contributed by atoms with Crippen molar-refractivity contribution in [3.05, 3.63) is 12.4 Å². The van der Waals surface area contributed by atoms with Gasteiger partial charge in [0.25, 0.3) is 0 Å². The molecule has 1 aliphatic rings. The van der Waals surface area contributed by atoms with E-state index in [0.29, 0.717) is 6.42 Å². The molecule has 2 rings (SSSR count). The molecule has 106 valence electrons. The zero-order chi connectivity index (χ0) is 14.3. The van der Waals surface area contributed by atoms with Gasteiger partial charge in [-0.1, -0.05) is 13.8 Å². The second-order valence-electron chi connectivity index (χ2n) is 5.24. The van der Waals surface area contributed by atoms with Crippen molar-refractivity contribution in [2.24, 2.45) is 11.3 Å². The third kappa shape index (κ3) is 2.37. The van der Waals surface area contributed by atoms with E-state index >= 15 is 0 Å². The lowest BCUT2D eigenvalue weighted by Gasteiger charge is -2.50. The predicted octanol–water partition coefficient (Wildman–Crippen LogP) is 0.276. The Morgan fingerprint density at radius 1 is 1.58 bits per heavy atom. The van der Waals surface area contributed by atoms with E-state index in [0.717, 1.165) is 0 Å². The quantitative estimate of drug-likeness (QED) is 0.774. The number of carbonyl (C=O) groups excluding carboxylic acids is 1. The van der Waals surface area contributed by atoms with Crippen molar-refractivity contribution in [2.45, 2.75) is 31.2 Å². The molecule has 2 N–H and O–H groups in total. The van der Waals surface area contributed by atoms with Gasteiger partial charge in [-0.15, -0.1) is 0 Å². The second-order valence-corrected chi connectivity index (χ2v) is 6.95. The van der Waals surface area contributed by atoms with E-state index in [2.05, 4.69) is 14.9 Å². The summed E-state index contributed by atoms with van der Waals surface area (Å²) in [5.41, 5.74) is -0.468. The minimum Gasteiger partial charge on any atom is -0.469 e. The number of H-pyrrole nitrogens is 1. The van der Waals surface area contributed by atoms with Crippen LogP contribution < -0.4 is 4.72 Å². The first-order valence-electron chi connectivity index (χ1n) is 5.88. The van der Waals surface area contributed by atoms with Crippen LogP contribution in [0.15, 0.2) is 17.3 Å². The molecule has 1 saturated carbocycles. The van der Waals surface area contributed by atoms with E-state index in [9.17, 15) is 13.2 Å². The van der Waals surface area contributed by atoms with Crippen LogP contribution in [-0.2, 0) is 19.6 Å². The molecule has 1 aliphatic carbocycles. The first-order valence-corrected chi connectivity index (χ1v) is 7.36.